The Morgan fingerprint density at radius 2 is 1.96 bits per heavy atom. The van der Waals surface area contributed by atoms with Gasteiger partial charge in [0.15, 0.2) is 0 Å². The molecule has 1 N–H and O–H groups in total. The number of fused-ring (bicyclic) bond motifs is 1. The van der Waals surface area contributed by atoms with Gasteiger partial charge in [0.2, 0.25) is 5.95 Å². The van der Waals surface area contributed by atoms with Gasteiger partial charge in [-0.2, -0.15) is 0 Å². The largest absolute Gasteiger partial charge is 0.481 e. The first-order chi connectivity index (χ1) is 12.7. The lowest BCUT2D eigenvalue weighted by Crippen LogP contribution is -2.41. The number of rotatable bonds is 4. The van der Waals surface area contributed by atoms with E-state index < -0.39 is 11.4 Å². The first kappa shape index (κ1) is 16.9. The number of hydrogen-bond acceptors (Lipinski definition) is 6. The van der Waals surface area contributed by atoms with Gasteiger partial charge in [-0.3, -0.25) is 14.7 Å². The molecule has 4 rings (SSSR count). The van der Waals surface area contributed by atoms with Gasteiger partial charge in [0.1, 0.15) is 0 Å². The van der Waals surface area contributed by atoms with Crippen molar-refractivity contribution in [2.45, 2.75) is 19.4 Å². The number of pyridine rings is 1. The predicted octanol–water partition coefficient (Wildman–Crippen LogP) is 1.67. The molecule has 0 aromatic carbocycles. The standard InChI is InChI=1S/C19H23N5O2/c25-17(26)19-6-3-10-23(13-16-5-1-2-7-20-16)11-15(19)12-24(14-19)18-21-8-4-9-22-18/h1-2,4-5,7-9,15H,3,6,10-14H2,(H,25,26)/t15-,19-/m0/s1. The van der Waals surface area contributed by atoms with Crippen molar-refractivity contribution in [2.75, 3.05) is 31.1 Å². The third kappa shape index (κ3) is 3.14. The summed E-state index contributed by atoms with van der Waals surface area (Å²) in [7, 11) is 0. The van der Waals surface area contributed by atoms with E-state index >= 15 is 0 Å². The molecule has 7 heteroatoms. The molecule has 2 aromatic rings. The average molecular weight is 353 g/mol. The number of nitrogens with zero attached hydrogens (tertiary/aromatic N) is 5. The van der Waals surface area contributed by atoms with Gasteiger partial charge < -0.3 is 10.0 Å². The molecular weight excluding hydrogens is 330 g/mol. The van der Waals surface area contributed by atoms with Crippen molar-refractivity contribution in [1.82, 2.24) is 19.9 Å². The van der Waals surface area contributed by atoms with Crippen LogP contribution in [-0.2, 0) is 11.3 Å². The Morgan fingerprint density at radius 3 is 2.69 bits per heavy atom. The Bertz CT molecular complexity index is 757. The van der Waals surface area contributed by atoms with Crippen LogP contribution < -0.4 is 4.90 Å². The van der Waals surface area contributed by atoms with Crippen LogP contribution in [0.2, 0.25) is 0 Å². The molecule has 0 saturated carbocycles. The van der Waals surface area contributed by atoms with Crippen LogP contribution in [0.3, 0.4) is 0 Å². The van der Waals surface area contributed by atoms with Crippen LogP contribution >= 0.6 is 0 Å². The molecule has 7 nitrogen and oxygen atoms in total. The maximum Gasteiger partial charge on any atom is 0.311 e. The number of likely N-dealkylation sites (tertiary alicyclic amines) is 1. The summed E-state index contributed by atoms with van der Waals surface area (Å²) in [5, 5.41) is 10.1. The van der Waals surface area contributed by atoms with Crippen molar-refractivity contribution in [1.29, 1.82) is 0 Å². The van der Waals surface area contributed by atoms with E-state index in [1.54, 1.807) is 24.7 Å². The number of carboxylic acids is 1. The minimum atomic E-state index is -0.724. The topological polar surface area (TPSA) is 82.5 Å². The third-order valence-electron chi connectivity index (χ3n) is 5.64. The highest BCUT2D eigenvalue weighted by molar-refractivity contribution is 5.77. The second-order valence-corrected chi connectivity index (χ2v) is 7.25. The van der Waals surface area contributed by atoms with E-state index in [1.807, 2.05) is 23.1 Å². The van der Waals surface area contributed by atoms with Crippen molar-refractivity contribution in [2.24, 2.45) is 11.3 Å². The Balaban J connectivity index is 1.56. The number of aromatic nitrogens is 3. The molecule has 2 saturated heterocycles. The van der Waals surface area contributed by atoms with E-state index in [2.05, 4.69) is 19.9 Å². The minimum Gasteiger partial charge on any atom is -0.481 e. The number of carbonyl (C=O) groups is 1. The molecule has 2 fully saturated rings. The quantitative estimate of drug-likeness (QED) is 0.895. The monoisotopic (exact) mass is 353 g/mol. The van der Waals surface area contributed by atoms with Crippen LogP contribution in [-0.4, -0.2) is 57.1 Å². The Hall–Kier alpha value is -2.54. The smallest absolute Gasteiger partial charge is 0.311 e. The summed E-state index contributed by atoms with van der Waals surface area (Å²) in [5.41, 5.74) is 0.300. The molecule has 26 heavy (non-hydrogen) atoms. The zero-order valence-electron chi connectivity index (χ0n) is 14.7. The van der Waals surface area contributed by atoms with Crippen molar-refractivity contribution >= 4 is 11.9 Å². The van der Waals surface area contributed by atoms with E-state index in [-0.39, 0.29) is 5.92 Å². The van der Waals surface area contributed by atoms with Crippen LogP contribution in [0.15, 0.2) is 42.9 Å². The van der Waals surface area contributed by atoms with Crippen LogP contribution in [0.4, 0.5) is 5.95 Å². The zero-order chi connectivity index (χ0) is 18.0. The lowest BCUT2D eigenvalue weighted by molar-refractivity contribution is -0.150. The van der Waals surface area contributed by atoms with Gasteiger partial charge in [0.25, 0.3) is 0 Å². The molecule has 0 unspecified atom stereocenters. The molecule has 0 spiro atoms. The third-order valence-corrected chi connectivity index (χ3v) is 5.64. The molecule has 0 bridgehead atoms. The number of carboxylic acid groups (broad SMARTS) is 1. The van der Waals surface area contributed by atoms with Gasteiger partial charge in [0.05, 0.1) is 11.1 Å². The van der Waals surface area contributed by atoms with Gasteiger partial charge >= 0.3 is 5.97 Å². The highest BCUT2D eigenvalue weighted by Crippen LogP contribution is 2.43. The number of hydrogen-bond donors (Lipinski definition) is 1. The zero-order valence-corrected chi connectivity index (χ0v) is 14.7. The maximum absolute atomic E-state index is 12.3. The number of aliphatic carboxylic acids is 1. The fraction of sp³-hybridized carbons (Fsp3) is 0.474. The Labute approximate surface area is 152 Å². The summed E-state index contributed by atoms with van der Waals surface area (Å²) in [6.45, 7) is 3.58. The average Bonchev–Trinajstić information content (AvgIpc) is 2.94. The van der Waals surface area contributed by atoms with Crippen molar-refractivity contribution in [3.8, 4) is 0 Å². The van der Waals surface area contributed by atoms with Crippen molar-refractivity contribution in [3.63, 3.8) is 0 Å². The Kier molecular flexibility index (Phi) is 4.55. The van der Waals surface area contributed by atoms with Crippen LogP contribution in [0, 0.1) is 11.3 Å². The molecule has 2 atom stereocenters. The van der Waals surface area contributed by atoms with Gasteiger partial charge in [-0.25, -0.2) is 9.97 Å². The summed E-state index contributed by atoms with van der Waals surface area (Å²) < 4.78 is 0. The van der Waals surface area contributed by atoms with E-state index in [0.29, 0.717) is 25.5 Å². The first-order valence-corrected chi connectivity index (χ1v) is 9.05. The lowest BCUT2D eigenvalue weighted by atomic mass is 9.75. The highest BCUT2D eigenvalue weighted by atomic mass is 16.4. The predicted molar refractivity (Wildman–Crippen MR) is 96.6 cm³/mol. The molecule has 0 amide bonds. The number of anilines is 1. The van der Waals surface area contributed by atoms with Crippen LogP contribution in [0.25, 0.3) is 0 Å². The molecule has 0 aliphatic carbocycles. The second-order valence-electron chi connectivity index (χ2n) is 7.25. The van der Waals surface area contributed by atoms with E-state index in [4.69, 9.17) is 0 Å². The van der Waals surface area contributed by atoms with Gasteiger partial charge in [-0.1, -0.05) is 6.07 Å². The van der Waals surface area contributed by atoms with Crippen LogP contribution in [0.1, 0.15) is 18.5 Å². The van der Waals surface area contributed by atoms with Gasteiger partial charge in [-0.15, -0.1) is 0 Å². The fourth-order valence-electron chi connectivity index (χ4n) is 4.33. The highest BCUT2D eigenvalue weighted by Gasteiger charge is 2.53. The molecule has 2 aliphatic rings. The maximum atomic E-state index is 12.3. The summed E-state index contributed by atoms with van der Waals surface area (Å²) in [6, 6.07) is 7.70. The van der Waals surface area contributed by atoms with Gasteiger partial charge in [-0.05, 0) is 37.6 Å². The summed E-state index contributed by atoms with van der Waals surface area (Å²) in [6.07, 6.45) is 6.78. The molecule has 0 radical (unpaired) electrons. The van der Waals surface area contributed by atoms with E-state index in [1.165, 1.54) is 0 Å². The molecule has 4 heterocycles. The van der Waals surface area contributed by atoms with Crippen molar-refractivity contribution in [3.05, 3.63) is 48.5 Å². The van der Waals surface area contributed by atoms with Gasteiger partial charge in [0, 0.05) is 50.7 Å². The SMILES string of the molecule is O=C(O)[C@]12CCCN(Cc3ccccn3)C[C@H]1CN(c1ncccn1)C2. The second kappa shape index (κ2) is 6.99. The normalized spacial score (nSPS) is 26.3. The molecule has 2 aliphatic heterocycles. The van der Waals surface area contributed by atoms with Crippen LogP contribution in [0.5, 0.6) is 0 Å². The minimum absolute atomic E-state index is 0.0509. The summed E-state index contributed by atoms with van der Waals surface area (Å²) in [4.78, 5) is 29.7. The summed E-state index contributed by atoms with van der Waals surface area (Å²) in [5.74, 6) is -0.0203. The molecule has 136 valence electrons. The fourth-order valence-corrected chi connectivity index (χ4v) is 4.33. The molecule has 2 aromatic heterocycles. The first-order valence-electron chi connectivity index (χ1n) is 9.05. The Morgan fingerprint density at radius 1 is 1.15 bits per heavy atom. The van der Waals surface area contributed by atoms with E-state index in [9.17, 15) is 9.90 Å². The summed E-state index contributed by atoms with van der Waals surface area (Å²) >= 11 is 0. The lowest BCUT2D eigenvalue weighted by Gasteiger charge is -2.29. The van der Waals surface area contributed by atoms with Crippen molar-refractivity contribution < 1.29 is 9.90 Å². The van der Waals surface area contributed by atoms with E-state index in [0.717, 1.165) is 31.7 Å². The molecular formula is C19H23N5O2.